The summed E-state index contributed by atoms with van der Waals surface area (Å²) >= 11 is 1.48. The molecule has 1 aromatic heterocycles. The number of rotatable bonds is 5. The van der Waals surface area contributed by atoms with E-state index in [9.17, 15) is 4.79 Å². The molecular formula is C18H23NO2S. The summed E-state index contributed by atoms with van der Waals surface area (Å²) in [5.74, 6) is -0.337. The summed E-state index contributed by atoms with van der Waals surface area (Å²) in [5.41, 5.74) is 7.29. The summed E-state index contributed by atoms with van der Waals surface area (Å²) in [6, 6.07) is 12.3. The van der Waals surface area contributed by atoms with Gasteiger partial charge in [0.15, 0.2) is 0 Å². The van der Waals surface area contributed by atoms with Gasteiger partial charge >= 0.3 is 5.97 Å². The van der Waals surface area contributed by atoms with Crippen molar-refractivity contribution in [1.29, 1.82) is 0 Å². The largest absolute Gasteiger partial charge is 0.456 e. The first-order valence-corrected chi connectivity index (χ1v) is 8.32. The molecule has 1 aromatic carbocycles. The molecule has 0 aliphatic carbocycles. The fourth-order valence-electron chi connectivity index (χ4n) is 2.19. The number of nitrogen functional groups attached to an aromatic ring is 1. The highest BCUT2D eigenvalue weighted by molar-refractivity contribution is 7.16. The fraction of sp³-hybridized carbons (Fsp3) is 0.389. The van der Waals surface area contributed by atoms with Gasteiger partial charge in [0.1, 0.15) is 10.6 Å². The summed E-state index contributed by atoms with van der Waals surface area (Å²) < 4.78 is 5.38. The molecule has 0 unspecified atom stereocenters. The van der Waals surface area contributed by atoms with Gasteiger partial charge in [-0.1, -0.05) is 30.3 Å². The van der Waals surface area contributed by atoms with Crippen molar-refractivity contribution >= 4 is 22.3 Å². The Hall–Kier alpha value is -1.81. The number of anilines is 1. The van der Waals surface area contributed by atoms with Crippen molar-refractivity contribution in [3.8, 4) is 0 Å². The number of carbonyl (C=O) groups is 1. The summed E-state index contributed by atoms with van der Waals surface area (Å²) in [4.78, 5) is 13.2. The van der Waals surface area contributed by atoms with Crippen LogP contribution in [0.5, 0.6) is 0 Å². The van der Waals surface area contributed by atoms with Gasteiger partial charge in [-0.15, -0.1) is 11.3 Å². The van der Waals surface area contributed by atoms with Gasteiger partial charge in [0.05, 0.1) is 5.56 Å². The zero-order chi connectivity index (χ0) is 16.2. The molecule has 2 aromatic rings. The lowest BCUT2D eigenvalue weighted by Crippen LogP contribution is -2.24. The lowest BCUT2D eigenvalue weighted by Gasteiger charge is -2.19. The Labute approximate surface area is 136 Å². The third-order valence-corrected chi connectivity index (χ3v) is 4.19. The molecule has 0 fully saturated rings. The van der Waals surface area contributed by atoms with Crippen molar-refractivity contribution in [2.24, 2.45) is 0 Å². The maximum Gasteiger partial charge on any atom is 0.341 e. The van der Waals surface area contributed by atoms with E-state index < -0.39 is 5.60 Å². The number of benzene rings is 1. The molecule has 0 saturated heterocycles. The van der Waals surface area contributed by atoms with Crippen LogP contribution in [0.15, 0.2) is 36.4 Å². The topological polar surface area (TPSA) is 52.3 Å². The minimum atomic E-state index is -0.501. The number of carbonyl (C=O) groups excluding carboxylic acids is 1. The van der Waals surface area contributed by atoms with E-state index in [4.69, 9.17) is 10.5 Å². The molecule has 3 nitrogen and oxygen atoms in total. The molecule has 0 saturated carbocycles. The highest BCUT2D eigenvalue weighted by Gasteiger charge is 2.21. The molecule has 1 heterocycles. The standard InChI is InChI=1S/C18H23NO2S/c1-18(2,3)21-17(20)15-12-14(22-16(15)19)11-7-10-13-8-5-4-6-9-13/h4-6,8-9,12H,7,10-11,19H2,1-3H3. The fourth-order valence-corrected chi connectivity index (χ4v) is 3.14. The third kappa shape index (κ3) is 4.88. The Morgan fingerprint density at radius 3 is 2.50 bits per heavy atom. The van der Waals surface area contributed by atoms with Gasteiger partial charge in [0.2, 0.25) is 0 Å². The minimum Gasteiger partial charge on any atom is -0.456 e. The predicted molar refractivity (Wildman–Crippen MR) is 92.4 cm³/mol. The SMILES string of the molecule is CC(C)(C)OC(=O)c1cc(CCCc2ccccc2)sc1N. The quantitative estimate of drug-likeness (QED) is 0.828. The Balaban J connectivity index is 1.93. The van der Waals surface area contributed by atoms with Crippen LogP contribution < -0.4 is 5.73 Å². The van der Waals surface area contributed by atoms with Gasteiger partial charge in [-0.25, -0.2) is 4.79 Å². The Morgan fingerprint density at radius 2 is 1.86 bits per heavy atom. The van der Waals surface area contributed by atoms with Crippen molar-refractivity contribution in [2.45, 2.75) is 45.6 Å². The van der Waals surface area contributed by atoms with E-state index in [1.807, 2.05) is 32.9 Å². The highest BCUT2D eigenvalue weighted by Crippen LogP contribution is 2.28. The van der Waals surface area contributed by atoms with E-state index in [0.717, 1.165) is 24.1 Å². The number of hydrogen-bond donors (Lipinski definition) is 1. The summed E-state index contributed by atoms with van der Waals surface area (Å²) in [5, 5.41) is 0.545. The Morgan fingerprint density at radius 1 is 1.18 bits per heavy atom. The van der Waals surface area contributed by atoms with E-state index in [-0.39, 0.29) is 5.97 Å². The number of hydrogen-bond acceptors (Lipinski definition) is 4. The van der Waals surface area contributed by atoms with Crippen LogP contribution in [0.3, 0.4) is 0 Å². The average Bonchev–Trinajstić information content (AvgIpc) is 2.79. The van der Waals surface area contributed by atoms with E-state index in [1.54, 1.807) is 0 Å². The molecule has 2 rings (SSSR count). The monoisotopic (exact) mass is 317 g/mol. The maximum absolute atomic E-state index is 12.1. The number of aryl methyl sites for hydroxylation is 2. The first-order valence-electron chi connectivity index (χ1n) is 7.50. The second-order valence-electron chi connectivity index (χ2n) is 6.33. The number of ether oxygens (including phenoxy) is 1. The summed E-state index contributed by atoms with van der Waals surface area (Å²) in [6.07, 6.45) is 2.99. The molecule has 0 bridgehead atoms. The normalized spacial score (nSPS) is 11.4. The first-order chi connectivity index (χ1) is 10.3. The van der Waals surface area contributed by atoms with E-state index in [2.05, 4.69) is 24.3 Å². The molecular weight excluding hydrogens is 294 g/mol. The van der Waals surface area contributed by atoms with Crippen LogP contribution in [0.25, 0.3) is 0 Å². The van der Waals surface area contributed by atoms with Gasteiger partial charge in [-0.05, 0) is 51.7 Å². The molecule has 0 amide bonds. The van der Waals surface area contributed by atoms with E-state index >= 15 is 0 Å². The van der Waals surface area contributed by atoms with E-state index in [0.29, 0.717) is 10.6 Å². The lowest BCUT2D eigenvalue weighted by atomic mass is 10.1. The Kier molecular flexibility index (Phi) is 5.24. The molecule has 4 heteroatoms. The molecule has 118 valence electrons. The molecule has 0 aliphatic heterocycles. The molecule has 2 N–H and O–H groups in total. The van der Waals surface area contributed by atoms with Crippen molar-refractivity contribution < 1.29 is 9.53 Å². The second kappa shape index (κ2) is 6.97. The van der Waals surface area contributed by atoms with Crippen LogP contribution in [-0.2, 0) is 17.6 Å². The van der Waals surface area contributed by atoms with Gasteiger partial charge in [0.25, 0.3) is 0 Å². The minimum absolute atomic E-state index is 0.337. The molecule has 0 aliphatic rings. The summed E-state index contributed by atoms with van der Waals surface area (Å²) in [7, 11) is 0. The average molecular weight is 317 g/mol. The van der Waals surface area contributed by atoms with Crippen molar-refractivity contribution in [3.63, 3.8) is 0 Å². The summed E-state index contributed by atoms with van der Waals surface area (Å²) in [6.45, 7) is 5.57. The molecule has 22 heavy (non-hydrogen) atoms. The van der Waals surface area contributed by atoms with Crippen LogP contribution in [0.1, 0.15) is 48.0 Å². The smallest absolute Gasteiger partial charge is 0.341 e. The van der Waals surface area contributed by atoms with E-state index in [1.165, 1.54) is 16.9 Å². The van der Waals surface area contributed by atoms with Crippen LogP contribution in [0.2, 0.25) is 0 Å². The second-order valence-corrected chi connectivity index (χ2v) is 7.50. The molecule has 0 spiro atoms. The highest BCUT2D eigenvalue weighted by atomic mass is 32.1. The van der Waals surface area contributed by atoms with Gasteiger partial charge < -0.3 is 10.5 Å². The van der Waals surface area contributed by atoms with Crippen LogP contribution in [-0.4, -0.2) is 11.6 Å². The lowest BCUT2D eigenvalue weighted by molar-refractivity contribution is 0.00712. The molecule has 0 radical (unpaired) electrons. The van der Waals surface area contributed by atoms with Crippen molar-refractivity contribution in [3.05, 3.63) is 52.4 Å². The number of thiophene rings is 1. The number of esters is 1. The number of nitrogens with two attached hydrogens (primary N) is 1. The van der Waals surface area contributed by atoms with Crippen LogP contribution in [0, 0.1) is 0 Å². The zero-order valence-electron chi connectivity index (χ0n) is 13.4. The van der Waals surface area contributed by atoms with Crippen molar-refractivity contribution in [2.75, 3.05) is 5.73 Å². The van der Waals surface area contributed by atoms with Crippen molar-refractivity contribution in [1.82, 2.24) is 0 Å². The van der Waals surface area contributed by atoms with Gasteiger partial charge in [0, 0.05) is 4.88 Å². The van der Waals surface area contributed by atoms with Gasteiger partial charge in [-0.2, -0.15) is 0 Å². The van der Waals surface area contributed by atoms with Crippen LogP contribution in [0.4, 0.5) is 5.00 Å². The maximum atomic E-state index is 12.1. The van der Waals surface area contributed by atoms with Gasteiger partial charge in [-0.3, -0.25) is 0 Å². The molecule has 0 atom stereocenters. The first kappa shape index (κ1) is 16.6. The van der Waals surface area contributed by atoms with Crippen LogP contribution >= 0.6 is 11.3 Å². The predicted octanol–water partition coefficient (Wildman–Crippen LogP) is 4.46. The zero-order valence-corrected chi connectivity index (χ0v) is 14.2. The third-order valence-electron chi connectivity index (χ3n) is 3.16. The Bertz CT molecular complexity index is 626.